The van der Waals surface area contributed by atoms with Gasteiger partial charge in [0.15, 0.2) is 0 Å². The van der Waals surface area contributed by atoms with Crippen molar-refractivity contribution in [3.63, 3.8) is 0 Å². The van der Waals surface area contributed by atoms with Gasteiger partial charge in [-0.15, -0.1) is 0 Å². The summed E-state index contributed by atoms with van der Waals surface area (Å²) < 4.78 is 4.94. The molecule has 0 amide bonds. The van der Waals surface area contributed by atoms with E-state index in [2.05, 4.69) is 9.97 Å². The molecule has 2 fully saturated rings. The maximum Gasteiger partial charge on any atom is 0.312 e. The predicted octanol–water partition coefficient (Wildman–Crippen LogP) is 1.59. The van der Waals surface area contributed by atoms with E-state index in [9.17, 15) is 9.59 Å². The van der Waals surface area contributed by atoms with Crippen molar-refractivity contribution in [2.45, 2.75) is 25.7 Å². The van der Waals surface area contributed by atoms with Crippen molar-refractivity contribution < 1.29 is 9.53 Å². The number of hydrogen-bond donors (Lipinski definition) is 1. The number of esters is 1. The van der Waals surface area contributed by atoms with E-state index in [0.717, 1.165) is 38.8 Å². The minimum absolute atomic E-state index is 0.0704. The first kappa shape index (κ1) is 14.4. The van der Waals surface area contributed by atoms with Crippen LogP contribution in [-0.2, 0) is 9.53 Å². The lowest BCUT2D eigenvalue weighted by molar-refractivity contribution is -0.149. The van der Waals surface area contributed by atoms with Crippen LogP contribution in [0.5, 0.6) is 0 Å². The van der Waals surface area contributed by atoms with Gasteiger partial charge < -0.3 is 9.64 Å². The van der Waals surface area contributed by atoms with Crippen LogP contribution in [0.25, 0.3) is 0 Å². The highest BCUT2D eigenvalue weighted by Gasteiger charge is 2.56. The number of hydrogen-bond acceptors (Lipinski definition) is 5. The molecule has 1 aliphatic carbocycles. The number of carbonyl (C=O) groups is 1. The number of carbonyl (C=O) groups excluding carboxylic acids is 1. The molecular weight excluding hydrogens is 294 g/mol. The summed E-state index contributed by atoms with van der Waals surface area (Å²) in [5.74, 6) is 0.838. The van der Waals surface area contributed by atoms with Gasteiger partial charge in [-0.1, -0.05) is 11.6 Å². The van der Waals surface area contributed by atoms with Crippen molar-refractivity contribution in [2.24, 2.45) is 11.3 Å². The zero-order valence-electron chi connectivity index (χ0n) is 11.9. The van der Waals surface area contributed by atoms with E-state index in [0.29, 0.717) is 11.9 Å². The minimum atomic E-state index is -0.322. The standard InChI is InChI=1S/C14H18ClN3O3/c1-21-12(20)14(4-5-14)9-2-6-18(7-3-9)13-16-8-10(15)11(19)17-13/h8-9H,2-7H2,1H3,(H,16,17,19). The Morgan fingerprint density at radius 1 is 1.48 bits per heavy atom. The molecule has 2 heterocycles. The molecule has 21 heavy (non-hydrogen) atoms. The Labute approximate surface area is 127 Å². The van der Waals surface area contributed by atoms with Crippen LogP contribution in [0.1, 0.15) is 25.7 Å². The maximum absolute atomic E-state index is 11.9. The molecular formula is C14H18ClN3O3. The minimum Gasteiger partial charge on any atom is -0.469 e. The molecule has 2 aliphatic rings. The van der Waals surface area contributed by atoms with Crippen LogP contribution in [0.4, 0.5) is 5.95 Å². The molecule has 0 unspecified atom stereocenters. The monoisotopic (exact) mass is 311 g/mol. The topological polar surface area (TPSA) is 75.3 Å². The summed E-state index contributed by atoms with van der Waals surface area (Å²) >= 11 is 5.69. The quantitative estimate of drug-likeness (QED) is 0.858. The zero-order valence-corrected chi connectivity index (χ0v) is 12.7. The number of halogens is 1. The second-order valence-corrected chi connectivity index (χ2v) is 6.20. The van der Waals surface area contributed by atoms with Gasteiger partial charge in [0.25, 0.3) is 5.56 Å². The van der Waals surface area contributed by atoms with Gasteiger partial charge in [-0.2, -0.15) is 0 Å². The van der Waals surface area contributed by atoms with E-state index in [4.69, 9.17) is 16.3 Å². The lowest BCUT2D eigenvalue weighted by Gasteiger charge is -2.35. The number of ether oxygens (including phenoxy) is 1. The third-order valence-corrected chi connectivity index (χ3v) is 4.97. The highest BCUT2D eigenvalue weighted by Crippen LogP contribution is 2.56. The molecule has 1 saturated heterocycles. The first-order valence-corrected chi connectivity index (χ1v) is 7.53. The summed E-state index contributed by atoms with van der Waals surface area (Å²) in [6.45, 7) is 1.54. The number of aromatic amines is 1. The summed E-state index contributed by atoms with van der Waals surface area (Å²) in [5, 5.41) is 0.0938. The van der Waals surface area contributed by atoms with Crippen LogP contribution in [0.2, 0.25) is 5.02 Å². The third-order valence-electron chi connectivity index (χ3n) is 4.70. The first-order chi connectivity index (χ1) is 10.1. The van der Waals surface area contributed by atoms with Gasteiger partial charge in [0.2, 0.25) is 5.95 Å². The number of piperidine rings is 1. The number of nitrogens with one attached hydrogen (secondary N) is 1. The molecule has 0 bridgehead atoms. The Morgan fingerprint density at radius 3 is 2.67 bits per heavy atom. The number of methoxy groups -OCH3 is 1. The normalized spacial score (nSPS) is 21.1. The summed E-state index contributed by atoms with van der Waals surface area (Å²) in [6, 6.07) is 0. The fraction of sp³-hybridized carbons (Fsp3) is 0.643. The molecule has 3 rings (SSSR count). The molecule has 7 heteroatoms. The van der Waals surface area contributed by atoms with E-state index in [1.807, 2.05) is 4.90 Å². The molecule has 6 nitrogen and oxygen atoms in total. The fourth-order valence-corrected chi connectivity index (χ4v) is 3.39. The summed E-state index contributed by atoms with van der Waals surface area (Å²) in [5.41, 5.74) is -0.571. The lowest BCUT2D eigenvalue weighted by Crippen LogP contribution is -2.40. The van der Waals surface area contributed by atoms with Crippen LogP contribution in [0, 0.1) is 11.3 Å². The molecule has 0 spiro atoms. The van der Waals surface area contributed by atoms with Crippen LogP contribution >= 0.6 is 11.6 Å². The summed E-state index contributed by atoms with van der Waals surface area (Å²) in [6.07, 6.45) is 5.04. The molecule has 0 radical (unpaired) electrons. The number of anilines is 1. The van der Waals surface area contributed by atoms with Gasteiger partial charge in [0, 0.05) is 13.1 Å². The predicted molar refractivity (Wildman–Crippen MR) is 78.5 cm³/mol. The van der Waals surface area contributed by atoms with Gasteiger partial charge in [-0.3, -0.25) is 14.6 Å². The van der Waals surface area contributed by atoms with Gasteiger partial charge in [-0.25, -0.2) is 4.98 Å². The molecule has 1 saturated carbocycles. The van der Waals surface area contributed by atoms with E-state index in [-0.39, 0.29) is 22.0 Å². The zero-order chi connectivity index (χ0) is 15.0. The molecule has 0 atom stereocenters. The van der Waals surface area contributed by atoms with E-state index >= 15 is 0 Å². The van der Waals surface area contributed by atoms with Gasteiger partial charge in [0.05, 0.1) is 18.7 Å². The van der Waals surface area contributed by atoms with Crippen molar-refractivity contribution >= 4 is 23.5 Å². The average molecular weight is 312 g/mol. The number of H-pyrrole nitrogens is 1. The number of rotatable bonds is 3. The van der Waals surface area contributed by atoms with Gasteiger partial charge in [-0.05, 0) is 31.6 Å². The first-order valence-electron chi connectivity index (χ1n) is 7.15. The fourth-order valence-electron chi connectivity index (χ4n) is 3.29. The SMILES string of the molecule is COC(=O)C1(C2CCN(c3ncc(Cl)c(=O)[nH]3)CC2)CC1. The Kier molecular flexibility index (Phi) is 3.65. The Bertz CT molecular complexity index is 604. The van der Waals surface area contributed by atoms with Crippen molar-refractivity contribution in [3.8, 4) is 0 Å². The number of nitrogens with zero attached hydrogens (tertiary/aromatic N) is 2. The van der Waals surface area contributed by atoms with Crippen molar-refractivity contribution in [2.75, 3.05) is 25.1 Å². The van der Waals surface area contributed by atoms with Gasteiger partial charge in [0.1, 0.15) is 5.02 Å². The molecule has 0 aromatic carbocycles. The highest BCUT2D eigenvalue weighted by molar-refractivity contribution is 6.30. The van der Waals surface area contributed by atoms with Crippen molar-refractivity contribution in [1.29, 1.82) is 0 Å². The van der Waals surface area contributed by atoms with E-state index in [1.54, 1.807) is 0 Å². The largest absolute Gasteiger partial charge is 0.469 e. The Balaban J connectivity index is 1.67. The Hall–Kier alpha value is -1.56. The average Bonchev–Trinajstić information content (AvgIpc) is 3.31. The summed E-state index contributed by atoms with van der Waals surface area (Å²) in [7, 11) is 1.46. The number of aromatic nitrogens is 2. The second-order valence-electron chi connectivity index (χ2n) is 5.79. The highest BCUT2D eigenvalue weighted by atomic mass is 35.5. The van der Waals surface area contributed by atoms with Crippen molar-refractivity contribution in [3.05, 3.63) is 21.6 Å². The molecule has 1 aliphatic heterocycles. The maximum atomic E-state index is 11.9. The van der Waals surface area contributed by atoms with Crippen LogP contribution in [-0.4, -0.2) is 36.1 Å². The molecule has 1 aromatic heterocycles. The molecule has 1 aromatic rings. The van der Waals surface area contributed by atoms with Crippen molar-refractivity contribution in [1.82, 2.24) is 9.97 Å². The smallest absolute Gasteiger partial charge is 0.312 e. The van der Waals surface area contributed by atoms with Crippen LogP contribution < -0.4 is 10.5 Å². The second kappa shape index (κ2) is 5.33. The lowest BCUT2D eigenvalue weighted by atomic mass is 9.81. The Morgan fingerprint density at radius 2 is 2.14 bits per heavy atom. The van der Waals surface area contributed by atoms with Crippen LogP contribution in [0.15, 0.2) is 11.0 Å². The third kappa shape index (κ3) is 2.52. The molecule has 1 N–H and O–H groups in total. The van der Waals surface area contributed by atoms with Crippen LogP contribution in [0.3, 0.4) is 0 Å². The summed E-state index contributed by atoms with van der Waals surface area (Å²) in [4.78, 5) is 32.3. The van der Waals surface area contributed by atoms with E-state index < -0.39 is 0 Å². The van der Waals surface area contributed by atoms with E-state index in [1.165, 1.54) is 13.3 Å². The van der Waals surface area contributed by atoms with Gasteiger partial charge >= 0.3 is 5.97 Å². The molecule has 114 valence electrons.